The zero-order valence-electron chi connectivity index (χ0n) is 13.4. The third-order valence-electron chi connectivity index (χ3n) is 3.88. The van der Waals surface area contributed by atoms with Gasteiger partial charge in [-0.05, 0) is 62.9 Å². The molecule has 2 rings (SSSR count). The summed E-state index contributed by atoms with van der Waals surface area (Å²) in [7, 11) is 1.70. The molecule has 1 aromatic carbocycles. The van der Waals surface area contributed by atoms with E-state index in [4.69, 9.17) is 9.47 Å². The summed E-state index contributed by atoms with van der Waals surface area (Å²) in [5.74, 6) is 1.65. The number of nitrogens with one attached hydrogen (secondary N) is 1. The van der Waals surface area contributed by atoms with Crippen molar-refractivity contribution in [3.8, 4) is 11.5 Å². The highest BCUT2D eigenvalue weighted by molar-refractivity contribution is 5.44. The van der Waals surface area contributed by atoms with E-state index in [0.29, 0.717) is 6.04 Å². The van der Waals surface area contributed by atoms with E-state index in [1.165, 1.54) is 12.0 Å². The molecule has 0 radical (unpaired) electrons. The summed E-state index contributed by atoms with van der Waals surface area (Å²) < 4.78 is 11.6. The molecule has 1 aliphatic rings. The number of methoxy groups -OCH3 is 1. The molecule has 1 N–H and O–H groups in total. The minimum atomic E-state index is 0.175. The molecule has 1 aromatic rings. The fourth-order valence-electron chi connectivity index (χ4n) is 2.57. The van der Waals surface area contributed by atoms with Crippen LogP contribution in [-0.4, -0.2) is 19.8 Å². The largest absolute Gasteiger partial charge is 0.493 e. The van der Waals surface area contributed by atoms with Gasteiger partial charge in [0.05, 0.1) is 7.11 Å². The van der Waals surface area contributed by atoms with E-state index >= 15 is 0 Å². The third kappa shape index (κ3) is 4.50. The highest BCUT2D eigenvalue weighted by Gasteiger charge is 2.14. The molecule has 3 nitrogen and oxygen atoms in total. The first-order valence-corrected chi connectivity index (χ1v) is 7.99. The standard InChI is InChI=1S/C18H27NO2/c1-4-12-19-14(2)15-10-11-17(18(13-15)20-3)21-16-8-6-5-7-9-16/h6,8,10-11,13-14,16,19H,4-5,7,9,12H2,1-3H3. The zero-order valence-corrected chi connectivity index (χ0v) is 13.4. The van der Waals surface area contributed by atoms with Crippen LogP contribution in [0, 0.1) is 0 Å². The number of allylic oxidation sites excluding steroid dienone is 1. The molecule has 0 saturated carbocycles. The van der Waals surface area contributed by atoms with Crippen molar-refractivity contribution < 1.29 is 9.47 Å². The van der Waals surface area contributed by atoms with Crippen LogP contribution in [0.5, 0.6) is 11.5 Å². The van der Waals surface area contributed by atoms with Gasteiger partial charge in [0, 0.05) is 6.04 Å². The molecule has 0 spiro atoms. The van der Waals surface area contributed by atoms with Crippen molar-refractivity contribution in [2.24, 2.45) is 0 Å². The molecule has 3 heteroatoms. The Hall–Kier alpha value is -1.48. The quantitative estimate of drug-likeness (QED) is 0.761. The summed E-state index contributed by atoms with van der Waals surface area (Å²) in [6.45, 7) is 5.37. The molecular formula is C18H27NO2. The lowest BCUT2D eigenvalue weighted by molar-refractivity contribution is 0.219. The van der Waals surface area contributed by atoms with Gasteiger partial charge in [0.25, 0.3) is 0 Å². The monoisotopic (exact) mass is 289 g/mol. The van der Waals surface area contributed by atoms with Crippen LogP contribution in [0.4, 0.5) is 0 Å². The Balaban J connectivity index is 2.08. The SMILES string of the molecule is CCCNC(C)c1ccc(OC2C=CCCC2)c(OC)c1. The Morgan fingerprint density at radius 3 is 2.86 bits per heavy atom. The van der Waals surface area contributed by atoms with Crippen LogP contribution in [0.3, 0.4) is 0 Å². The number of ether oxygens (including phenoxy) is 2. The van der Waals surface area contributed by atoms with Crippen LogP contribution in [0.1, 0.15) is 51.1 Å². The summed E-state index contributed by atoms with van der Waals surface area (Å²) in [6, 6.07) is 6.55. The van der Waals surface area contributed by atoms with Crippen molar-refractivity contribution >= 4 is 0 Å². The van der Waals surface area contributed by atoms with Crippen molar-refractivity contribution in [1.29, 1.82) is 0 Å². The molecule has 2 unspecified atom stereocenters. The minimum Gasteiger partial charge on any atom is -0.493 e. The maximum Gasteiger partial charge on any atom is 0.162 e. The molecule has 0 aromatic heterocycles. The van der Waals surface area contributed by atoms with Gasteiger partial charge in [0.1, 0.15) is 6.10 Å². The Morgan fingerprint density at radius 2 is 2.19 bits per heavy atom. The average Bonchev–Trinajstić information content (AvgIpc) is 2.54. The van der Waals surface area contributed by atoms with Gasteiger partial charge in [0.2, 0.25) is 0 Å². The van der Waals surface area contributed by atoms with Gasteiger partial charge in [-0.25, -0.2) is 0 Å². The molecule has 0 fully saturated rings. The summed E-state index contributed by atoms with van der Waals surface area (Å²) in [4.78, 5) is 0. The second kappa shape index (κ2) is 8.08. The van der Waals surface area contributed by atoms with Crippen LogP contribution >= 0.6 is 0 Å². The zero-order chi connectivity index (χ0) is 15.1. The highest BCUT2D eigenvalue weighted by Crippen LogP contribution is 2.32. The van der Waals surface area contributed by atoms with E-state index in [9.17, 15) is 0 Å². The van der Waals surface area contributed by atoms with Crippen molar-refractivity contribution in [1.82, 2.24) is 5.32 Å². The molecule has 0 aliphatic heterocycles. The van der Waals surface area contributed by atoms with E-state index < -0.39 is 0 Å². The molecule has 21 heavy (non-hydrogen) atoms. The first kappa shape index (κ1) is 15.9. The molecule has 116 valence electrons. The van der Waals surface area contributed by atoms with Gasteiger partial charge < -0.3 is 14.8 Å². The number of hydrogen-bond donors (Lipinski definition) is 1. The van der Waals surface area contributed by atoms with Crippen molar-refractivity contribution in [2.45, 2.75) is 51.7 Å². The normalized spacial score (nSPS) is 19.3. The van der Waals surface area contributed by atoms with Gasteiger partial charge in [-0.1, -0.05) is 19.1 Å². The van der Waals surface area contributed by atoms with E-state index in [1.807, 2.05) is 6.07 Å². The molecule has 1 aliphatic carbocycles. The maximum absolute atomic E-state index is 6.06. The number of benzene rings is 1. The fraction of sp³-hybridized carbons (Fsp3) is 0.556. The lowest BCUT2D eigenvalue weighted by Crippen LogP contribution is -2.19. The van der Waals surface area contributed by atoms with Gasteiger partial charge >= 0.3 is 0 Å². The summed E-state index contributed by atoms with van der Waals surface area (Å²) in [6.07, 6.45) is 9.10. The van der Waals surface area contributed by atoms with Crippen LogP contribution in [0.15, 0.2) is 30.4 Å². The van der Waals surface area contributed by atoms with Gasteiger partial charge in [-0.2, -0.15) is 0 Å². The lowest BCUT2D eigenvalue weighted by atomic mass is 10.0. The van der Waals surface area contributed by atoms with E-state index in [-0.39, 0.29) is 6.10 Å². The predicted molar refractivity (Wildman–Crippen MR) is 87.1 cm³/mol. The third-order valence-corrected chi connectivity index (χ3v) is 3.88. The second-order valence-corrected chi connectivity index (χ2v) is 5.60. The molecule has 0 amide bonds. The van der Waals surface area contributed by atoms with Crippen molar-refractivity contribution in [2.75, 3.05) is 13.7 Å². The van der Waals surface area contributed by atoms with E-state index in [2.05, 4.69) is 43.4 Å². The Bertz CT molecular complexity index is 470. The molecule has 2 atom stereocenters. The van der Waals surface area contributed by atoms with E-state index in [0.717, 1.165) is 37.3 Å². The lowest BCUT2D eigenvalue weighted by Gasteiger charge is -2.21. The summed E-state index contributed by atoms with van der Waals surface area (Å²) >= 11 is 0. The van der Waals surface area contributed by atoms with Crippen LogP contribution in [0.2, 0.25) is 0 Å². The fourth-order valence-corrected chi connectivity index (χ4v) is 2.57. The first-order chi connectivity index (χ1) is 10.2. The predicted octanol–water partition coefficient (Wildman–Crippen LogP) is 4.24. The minimum absolute atomic E-state index is 0.175. The first-order valence-electron chi connectivity index (χ1n) is 7.99. The van der Waals surface area contributed by atoms with Crippen molar-refractivity contribution in [3.63, 3.8) is 0 Å². The average molecular weight is 289 g/mol. The van der Waals surface area contributed by atoms with Crippen LogP contribution in [0.25, 0.3) is 0 Å². The maximum atomic E-state index is 6.06. The second-order valence-electron chi connectivity index (χ2n) is 5.60. The van der Waals surface area contributed by atoms with Gasteiger partial charge in [-0.15, -0.1) is 0 Å². The summed E-state index contributed by atoms with van der Waals surface area (Å²) in [5.41, 5.74) is 1.23. The summed E-state index contributed by atoms with van der Waals surface area (Å²) in [5, 5.41) is 3.49. The van der Waals surface area contributed by atoms with Crippen LogP contribution < -0.4 is 14.8 Å². The molecule has 0 saturated heterocycles. The smallest absolute Gasteiger partial charge is 0.162 e. The Kier molecular flexibility index (Phi) is 6.12. The molecule has 0 bridgehead atoms. The van der Waals surface area contributed by atoms with Crippen LogP contribution in [-0.2, 0) is 0 Å². The Labute approximate surface area is 128 Å². The number of hydrogen-bond acceptors (Lipinski definition) is 3. The van der Waals surface area contributed by atoms with Gasteiger partial charge in [0.15, 0.2) is 11.5 Å². The van der Waals surface area contributed by atoms with Gasteiger partial charge in [-0.3, -0.25) is 0 Å². The number of rotatable bonds is 7. The highest BCUT2D eigenvalue weighted by atomic mass is 16.5. The molecule has 0 heterocycles. The topological polar surface area (TPSA) is 30.5 Å². The van der Waals surface area contributed by atoms with Crippen molar-refractivity contribution in [3.05, 3.63) is 35.9 Å². The van der Waals surface area contributed by atoms with E-state index in [1.54, 1.807) is 7.11 Å². The Morgan fingerprint density at radius 1 is 1.33 bits per heavy atom. The molecular weight excluding hydrogens is 262 g/mol.